The fourth-order valence-corrected chi connectivity index (χ4v) is 2.31. The smallest absolute Gasteiger partial charge is 0.105 e. The van der Waals surface area contributed by atoms with E-state index < -0.39 is 0 Å². The molecule has 0 radical (unpaired) electrons. The average molecular weight is 262 g/mol. The summed E-state index contributed by atoms with van der Waals surface area (Å²) < 4.78 is 0. The summed E-state index contributed by atoms with van der Waals surface area (Å²) in [5.74, 6) is 0. The Kier molecular flexibility index (Phi) is 3.46. The van der Waals surface area contributed by atoms with Crippen molar-refractivity contribution in [1.29, 1.82) is 0 Å². The van der Waals surface area contributed by atoms with Crippen LogP contribution in [0, 0.1) is 6.92 Å². The van der Waals surface area contributed by atoms with Crippen LogP contribution in [0.15, 0.2) is 42.5 Å². The molecule has 0 aliphatic rings. The van der Waals surface area contributed by atoms with Gasteiger partial charge in [-0.05, 0) is 30.2 Å². The van der Waals surface area contributed by atoms with Gasteiger partial charge in [0.25, 0.3) is 0 Å². The lowest BCUT2D eigenvalue weighted by Crippen LogP contribution is -2.10. The molecular weight excluding hydrogens is 250 g/mol. The number of benzene rings is 2. The Bertz CT molecular complexity index is 564. The van der Waals surface area contributed by atoms with Crippen LogP contribution in [-0.4, -0.2) is 4.99 Å². The lowest BCUT2D eigenvalue weighted by atomic mass is 10.00. The maximum absolute atomic E-state index is 6.34. The van der Waals surface area contributed by atoms with E-state index in [2.05, 4.69) is 0 Å². The zero-order valence-electron chi connectivity index (χ0n) is 9.41. The van der Waals surface area contributed by atoms with Crippen molar-refractivity contribution in [3.8, 4) is 11.1 Å². The molecule has 0 fully saturated rings. The molecule has 0 aromatic heterocycles. The summed E-state index contributed by atoms with van der Waals surface area (Å²) >= 11 is 11.4. The van der Waals surface area contributed by atoms with Crippen LogP contribution in [0.1, 0.15) is 11.1 Å². The molecule has 0 bridgehead atoms. The van der Waals surface area contributed by atoms with Gasteiger partial charge in [0.1, 0.15) is 4.99 Å². The van der Waals surface area contributed by atoms with Gasteiger partial charge in [-0.25, -0.2) is 0 Å². The Labute approximate surface area is 111 Å². The van der Waals surface area contributed by atoms with Gasteiger partial charge in [-0.1, -0.05) is 54.2 Å². The standard InChI is InChI=1S/C14H12ClNS/c1-9-7-11(10-5-3-2-4-6-10)13(15)12(8-9)14(16)17/h2-8H,1H3,(H2,16,17). The lowest BCUT2D eigenvalue weighted by Gasteiger charge is -2.10. The molecular formula is C14H12ClNS. The van der Waals surface area contributed by atoms with Crippen molar-refractivity contribution in [3.63, 3.8) is 0 Å². The largest absolute Gasteiger partial charge is 0.389 e. The van der Waals surface area contributed by atoms with Crippen molar-refractivity contribution in [1.82, 2.24) is 0 Å². The van der Waals surface area contributed by atoms with Crippen LogP contribution >= 0.6 is 23.8 Å². The van der Waals surface area contributed by atoms with Crippen LogP contribution in [-0.2, 0) is 0 Å². The Morgan fingerprint density at radius 3 is 2.41 bits per heavy atom. The molecule has 2 aromatic carbocycles. The summed E-state index contributed by atoms with van der Waals surface area (Å²) in [4.78, 5) is 0.330. The predicted octanol–water partition coefficient (Wildman–Crippen LogP) is 3.95. The second-order valence-corrected chi connectivity index (χ2v) is 4.72. The van der Waals surface area contributed by atoms with E-state index in [4.69, 9.17) is 29.6 Å². The van der Waals surface area contributed by atoms with E-state index in [9.17, 15) is 0 Å². The van der Waals surface area contributed by atoms with E-state index in [1.165, 1.54) is 0 Å². The summed E-state index contributed by atoms with van der Waals surface area (Å²) in [6.07, 6.45) is 0. The first-order chi connectivity index (χ1) is 8.09. The van der Waals surface area contributed by atoms with Gasteiger partial charge in [-0.2, -0.15) is 0 Å². The Morgan fingerprint density at radius 2 is 1.82 bits per heavy atom. The average Bonchev–Trinajstić information content (AvgIpc) is 2.32. The molecule has 2 aromatic rings. The Morgan fingerprint density at radius 1 is 1.18 bits per heavy atom. The molecule has 0 aliphatic carbocycles. The quantitative estimate of drug-likeness (QED) is 0.829. The zero-order valence-corrected chi connectivity index (χ0v) is 11.0. The SMILES string of the molecule is Cc1cc(C(N)=S)c(Cl)c(-c2ccccc2)c1. The summed E-state index contributed by atoms with van der Waals surface area (Å²) in [6.45, 7) is 2.00. The van der Waals surface area contributed by atoms with Gasteiger partial charge >= 0.3 is 0 Å². The first-order valence-corrected chi connectivity index (χ1v) is 6.03. The van der Waals surface area contributed by atoms with Gasteiger partial charge < -0.3 is 5.73 Å². The second kappa shape index (κ2) is 4.86. The number of halogens is 1. The third-order valence-corrected chi connectivity index (χ3v) is 3.19. The van der Waals surface area contributed by atoms with E-state index in [1.807, 2.05) is 49.4 Å². The van der Waals surface area contributed by atoms with Gasteiger partial charge in [0.2, 0.25) is 0 Å². The summed E-state index contributed by atoms with van der Waals surface area (Å²) in [5.41, 5.74) is 9.54. The number of rotatable bonds is 2. The molecule has 0 unspecified atom stereocenters. The first kappa shape index (κ1) is 12.1. The lowest BCUT2D eigenvalue weighted by molar-refractivity contribution is 1.45. The predicted molar refractivity (Wildman–Crippen MR) is 77.5 cm³/mol. The fraction of sp³-hybridized carbons (Fsp3) is 0.0714. The molecule has 2 N–H and O–H groups in total. The van der Waals surface area contributed by atoms with E-state index in [0.717, 1.165) is 22.3 Å². The molecule has 0 saturated carbocycles. The van der Waals surface area contributed by atoms with Crippen LogP contribution in [0.4, 0.5) is 0 Å². The van der Waals surface area contributed by atoms with Crippen molar-refractivity contribution in [3.05, 3.63) is 58.6 Å². The van der Waals surface area contributed by atoms with Gasteiger partial charge in [-0.15, -0.1) is 0 Å². The molecule has 3 heteroatoms. The second-order valence-electron chi connectivity index (χ2n) is 3.90. The number of nitrogens with two attached hydrogens (primary N) is 1. The van der Waals surface area contributed by atoms with Crippen molar-refractivity contribution < 1.29 is 0 Å². The first-order valence-electron chi connectivity index (χ1n) is 5.25. The van der Waals surface area contributed by atoms with Crippen molar-refractivity contribution in [2.45, 2.75) is 6.92 Å². The van der Waals surface area contributed by atoms with Crippen molar-refractivity contribution >= 4 is 28.8 Å². The molecule has 0 heterocycles. The minimum absolute atomic E-state index is 0.330. The maximum Gasteiger partial charge on any atom is 0.105 e. The van der Waals surface area contributed by atoms with Crippen LogP contribution in [0.3, 0.4) is 0 Å². The molecule has 2 rings (SSSR count). The number of aryl methyl sites for hydroxylation is 1. The third-order valence-electron chi connectivity index (χ3n) is 2.57. The highest BCUT2D eigenvalue weighted by atomic mass is 35.5. The normalized spacial score (nSPS) is 10.2. The molecule has 86 valence electrons. The van der Waals surface area contributed by atoms with Gasteiger partial charge in [0.05, 0.1) is 5.02 Å². The molecule has 0 spiro atoms. The minimum Gasteiger partial charge on any atom is -0.389 e. The number of hydrogen-bond donors (Lipinski definition) is 1. The Balaban J connectivity index is 2.67. The molecule has 0 saturated heterocycles. The topological polar surface area (TPSA) is 26.0 Å². The highest BCUT2D eigenvalue weighted by Gasteiger charge is 2.11. The Hall–Kier alpha value is -1.38. The highest BCUT2D eigenvalue weighted by molar-refractivity contribution is 7.80. The summed E-state index contributed by atoms with van der Waals surface area (Å²) in [7, 11) is 0. The summed E-state index contributed by atoms with van der Waals surface area (Å²) in [6, 6.07) is 13.9. The third kappa shape index (κ3) is 2.48. The molecule has 0 amide bonds. The van der Waals surface area contributed by atoms with Crippen molar-refractivity contribution in [2.75, 3.05) is 0 Å². The van der Waals surface area contributed by atoms with Crippen LogP contribution < -0.4 is 5.73 Å². The van der Waals surface area contributed by atoms with E-state index in [1.54, 1.807) is 0 Å². The summed E-state index contributed by atoms with van der Waals surface area (Å²) in [5, 5.41) is 0.620. The highest BCUT2D eigenvalue weighted by Crippen LogP contribution is 2.31. The van der Waals surface area contributed by atoms with Crippen LogP contribution in [0.5, 0.6) is 0 Å². The van der Waals surface area contributed by atoms with E-state index in [-0.39, 0.29) is 0 Å². The zero-order chi connectivity index (χ0) is 12.4. The monoisotopic (exact) mass is 261 g/mol. The van der Waals surface area contributed by atoms with Crippen molar-refractivity contribution in [2.24, 2.45) is 5.73 Å². The molecule has 0 atom stereocenters. The van der Waals surface area contributed by atoms with E-state index in [0.29, 0.717) is 10.0 Å². The fourth-order valence-electron chi connectivity index (χ4n) is 1.78. The molecule has 0 aliphatic heterocycles. The minimum atomic E-state index is 0.330. The van der Waals surface area contributed by atoms with Gasteiger partial charge in [-0.3, -0.25) is 0 Å². The molecule has 17 heavy (non-hydrogen) atoms. The maximum atomic E-state index is 6.34. The van der Waals surface area contributed by atoms with Crippen LogP contribution in [0.2, 0.25) is 5.02 Å². The number of hydrogen-bond acceptors (Lipinski definition) is 1. The van der Waals surface area contributed by atoms with Crippen LogP contribution in [0.25, 0.3) is 11.1 Å². The molecule has 1 nitrogen and oxygen atoms in total. The number of thiocarbonyl (C=S) groups is 1. The van der Waals surface area contributed by atoms with Gasteiger partial charge in [0, 0.05) is 11.1 Å². The van der Waals surface area contributed by atoms with Gasteiger partial charge in [0.15, 0.2) is 0 Å². The van der Waals surface area contributed by atoms with E-state index >= 15 is 0 Å².